The third-order valence-electron chi connectivity index (χ3n) is 10.8. The number of rotatable bonds is 14. The van der Waals surface area contributed by atoms with E-state index in [1.54, 1.807) is 36.5 Å². The maximum Gasteiger partial charge on any atom is 0.243 e. The van der Waals surface area contributed by atoms with Crippen molar-refractivity contribution in [1.82, 2.24) is 47.5 Å². The highest BCUT2D eigenvalue weighted by molar-refractivity contribution is 5.97. The standard InChI is InChI=1S/C44H62N14O9/c1-25(59)53-31(14-8-20-50-44(47)48)40(64)56-32-15-16-36(60)49-19-7-13-30(38(46)62)55-43(67)35(22-27-23-51-29-12-6-5-11-28(27)29)54-37(61)24-52-39(63)34(21-26-9-3-2-4-10-26)58-42(66)33(17-18-45)57-41(32)65/h2-6,9-12,23,30-35,51H,7-8,13-22,24,45H2,1H3,(H2,46,62)(H,49,60)(H,52,63)(H,53,59)(H,54,61)(H,55,67)(H,56,64)(H,57,65)(H,58,66)(H4,47,48,50)/t30?,31-,32?,33-,34?,35-/m0/s1. The number of hydrogen-bond donors (Lipinski definition) is 13. The molecule has 0 bridgehead atoms. The summed E-state index contributed by atoms with van der Waals surface area (Å²) >= 11 is 0. The molecule has 0 spiro atoms. The lowest BCUT2D eigenvalue weighted by Crippen LogP contribution is -2.59. The van der Waals surface area contributed by atoms with Crippen LogP contribution in [0.25, 0.3) is 10.9 Å². The summed E-state index contributed by atoms with van der Waals surface area (Å²) in [6, 6.07) is 8.30. The van der Waals surface area contributed by atoms with Crippen molar-refractivity contribution in [2.24, 2.45) is 27.9 Å². The molecular weight excluding hydrogens is 869 g/mol. The fraction of sp³-hybridized carbons (Fsp3) is 0.455. The maximum atomic E-state index is 14.0. The van der Waals surface area contributed by atoms with E-state index >= 15 is 0 Å². The first kappa shape index (κ1) is 52.1. The number of fused-ring (bicyclic) bond motifs is 1. The van der Waals surface area contributed by atoms with Crippen LogP contribution in [0.2, 0.25) is 0 Å². The van der Waals surface area contributed by atoms with Crippen LogP contribution in [0.5, 0.6) is 0 Å². The number of benzene rings is 2. The lowest BCUT2D eigenvalue weighted by atomic mass is 10.0. The highest BCUT2D eigenvalue weighted by Gasteiger charge is 2.33. The molecular formula is C44H62N14O9. The van der Waals surface area contributed by atoms with Crippen LogP contribution in [0.4, 0.5) is 0 Å². The zero-order chi connectivity index (χ0) is 48.9. The van der Waals surface area contributed by atoms with Crippen LogP contribution in [0, 0.1) is 0 Å². The Balaban J connectivity index is 1.64. The molecule has 0 saturated carbocycles. The molecule has 4 rings (SSSR count). The summed E-state index contributed by atoms with van der Waals surface area (Å²) in [4.78, 5) is 128. The van der Waals surface area contributed by atoms with Crippen molar-refractivity contribution in [3.8, 4) is 0 Å². The van der Waals surface area contributed by atoms with Gasteiger partial charge in [0.15, 0.2) is 5.96 Å². The van der Waals surface area contributed by atoms with E-state index in [2.05, 4.69) is 52.5 Å². The summed E-state index contributed by atoms with van der Waals surface area (Å²) in [6.45, 7) is 0.630. The molecule has 3 unspecified atom stereocenters. The molecule has 1 aliphatic rings. The predicted octanol–water partition coefficient (Wildman–Crippen LogP) is -3.42. The van der Waals surface area contributed by atoms with Gasteiger partial charge in [-0.25, -0.2) is 0 Å². The summed E-state index contributed by atoms with van der Waals surface area (Å²) < 4.78 is 0. The average Bonchev–Trinajstić information content (AvgIpc) is 3.70. The molecule has 1 saturated heterocycles. The number of guanidine groups is 1. The quantitative estimate of drug-likeness (QED) is 0.0427. The molecule has 2 aromatic carbocycles. The highest BCUT2D eigenvalue weighted by atomic mass is 16.2. The van der Waals surface area contributed by atoms with Crippen LogP contribution in [0.1, 0.15) is 63.0 Å². The van der Waals surface area contributed by atoms with Crippen LogP contribution in [-0.4, -0.2) is 127 Å². The number of nitrogens with zero attached hydrogens (tertiary/aromatic N) is 1. The number of nitrogens with two attached hydrogens (primary N) is 4. The Hall–Kier alpha value is -7.56. The molecule has 67 heavy (non-hydrogen) atoms. The van der Waals surface area contributed by atoms with Crippen molar-refractivity contribution < 1.29 is 43.2 Å². The molecule has 23 nitrogen and oxygen atoms in total. The van der Waals surface area contributed by atoms with E-state index < -0.39 is 96.0 Å². The Morgan fingerprint density at radius 2 is 1.46 bits per heavy atom. The Morgan fingerprint density at radius 3 is 2.16 bits per heavy atom. The van der Waals surface area contributed by atoms with Crippen molar-refractivity contribution >= 4 is 70.0 Å². The number of primary amides is 1. The second-order valence-electron chi connectivity index (χ2n) is 16.0. The monoisotopic (exact) mass is 930 g/mol. The maximum absolute atomic E-state index is 14.0. The van der Waals surface area contributed by atoms with Crippen molar-refractivity contribution in [2.75, 3.05) is 26.2 Å². The minimum atomic E-state index is -1.43. The lowest BCUT2D eigenvalue weighted by Gasteiger charge is -2.26. The first-order chi connectivity index (χ1) is 32.0. The van der Waals surface area contributed by atoms with Crippen molar-refractivity contribution in [3.63, 3.8) is 0 Å². The summed E-state index contributed by atoms with van der Waals surface area (Å²) in [5.41, 5.74) is 24.5. The van der Waals surface area contributed by atoms with E-state index in [-0.39, 0.29) is 83.4 Å². The van der Waals surface area contributed by atoms with Gasteiger partial charge in [-0.15, -0.1) is 0 Å². The summed E-state index contributed by atoms with van der Waals surface area (Å²) in [5.74, 6) is -6.89. The van der Waals surface area contributed by atoms with Gasteiger partial charge < -0.3 is 70.5 Å². The zero-order valence-corrected chi connectivity index (χ0v) is 37.4. The summed E-state index contributed by atoms with van der Waals surface area (Å²) in [6.07, 6.45) is 1.40. The average molecular weight is 931 g/mol. The van der Waals surface area contributed by atoms with E-state index in [1.165, 1.54) is 6.92 Å². The van der Waals surface area contributed by atoms with Crippen LogP contribution in [-0.2, 0) is 56.0 Å². The first-order valence-corrected chi connectivity index (χ1v) is 22.0. The van der Waals surface area contributed by atoms with Gasteiger partial charge in [0.2, 0.25) is 53.2 Å². The molecule has 6 atom stereocenters. The Kier molecular flexibility index (Phi) is 20.5. The molecule has 17 N–H and O–H groups in total. The van der Waals surface area contributed by atoms with Crippen LogP contribution in [0.15, 0.2) is 65.8 Å². The Labute approximate surface area is 386 Å². The van der Waals surface area contributed by atoms with Gasteiger partial charge >= 0.3 is 0 Å². The Morgan fingerprint density at radius 1 is 0.776 bits per heavy atom. The number of amides is 9. The molecule has 2 heterocycles. The van der Waals surface area contributed by atoms with Gasteiger partial charge in [-0.3, -0.25) is 48.1 Å². The van der Waals surface area contributed by atoms with Crippen molar-refractivity contribution in [2.45, 2.75) is 101 Å². The highest BCUT2D eigenvalue weighted by Crippen LogP contribution is 2.19. The molecule has 1 fully saturated rings. The molecule has 3 aromatic rings. The number of aromatic nitrogens is 1. The minimum Gasteiger partial charge on any atom is -0.370 e. The third-order valence-corrected chi connectivity index (χ3v) is 10.8. The predicted molar refractivity (Wildman–Crippen MR) is 247 cm³/mol. The van der Waals surface area contributed by atoms with Gasteiger partial charge in [-0.05, 0) is 62.3 Å². The Bertz CT molecular complexity index is 2250. The number of hydrogen-bond acceptors (Lipinski definition) is 11. The smallest absolute Gasteiger partial charge is 0.243 e. The fourth-order valence-corrected chi connectivity index (χ4v) is 7.32. The van der Waals surface area contributed by atoms with E-state index in [9.17, 15) is 43.2 Å². The molecule has 1 aliphatic heterocycles. The van der Waals surface area contributed by atoms with Crippen LogP contribution < -0.4 is 65.5 Å². The second-order valence-corrected chi connectivity index (χ2v) is 16.0. The topological polar surface area (TPSA) is 382 Å². The number of carbonyl (C=O) groups is 9. The minimum absolute atomic E-state index is 0.00760. The molecule has 9 amide bonds. The number of carbonyl (C=O) groups excluding carboxylic acids is 9. The largest absolute Gasteiger partial charge is 0.370 e. The van der Waals surface area contributed by atoms with Gasteiger partial charge in [0.1, 0.15) is 36.3 Å². The van der Waals surface area contributed by atoms with Gasteiger partial charge in [-0.1, -0.05) is 48.5 Å². The van der Waals surface area contributed by atoms with Crippen LogP contribution >= 0.6 is 0 Å². The number of aromatic amines is 1. The van der Waals surface area contributed by atoms with Gasteiger partial charge in [0, 0.05) is 56.4 Å². The summed E-state index contributed by atoms with van der Waals surface area (Å²) in [5, 5.41) is 21.6. The molecule has 1 aromatic heterocycles. The molecule has 0 aliphatic carbocycles. The van der Waals surface area contributed by atoms with E-state index in [1.807, 2.05) is 24.3 Å². The first-order valence-electron chi connectivity index (χ1n) is 22.0. The zero-order valence-electron chi connectivity index (χ0n) is 37.4. The fourth-order valence-electron chi connectivity index (χ4n) is 7.32. The number of aliphatic imine (C=N–C) groups is 1. The van der Waals surface area contributed by atoms with E-state index in [0.717, 1.165) is 10.9 Å². The molecule has 362 valence electrons. The summed E-state index contributed by atoms with van der Waals surface area (Å²) in [7, 11) is 0. The third kappa shape index (κ3) is 17.4. The molecule has 23 heteroatoms. The van der Waals surface area contributed by atoms with Crippen molar-refractivity contribution in [3.05, 3.63) is 71.9 Å². The van der Waals surface area contributed by atoms with E-state index in [4.69, 9.17) is 22.9 Å². The number of H-pyrrole nitrogens is 1. The number of nitrogens with one attached hydrogen (secondary N) is 9. The SMILES string of the molecule is CC(=O)N[C@@H](CCCN=C(N)N)C(=O)NC1CCC(=O)NCCCC(C(N)=O)NC(=O)[C@H](Cc2c[nH]c3ccccc23)NC(=O)CNC(=O)C(Cc2ccccc2)NC(=O)[C@H](CCN)NC1=O. The molecule has 0 radical (unpaired) electrons. The van der Waals surface area contributed by atoms with Crippen molar-refractivity contribution in [1.29, 1.82) is 0 Å². The normalized spacial score (nSPS) is 21.2. The van der Waals surface area contributed by atoms with Gasteiger partial charge in [0.25, 0.3) is 0 Å². The lowest BCUT2D eigenvalue weighted by molar-refractivity contribution is -0.135. The number of para-hydroxylation sites is 1. The van der Waals surface area contributed by atoms with Crippen LogP contribution in [0.3, 0.4) is 0 Å². The van der Waals surface area contributed by atoms with E-state index in [0.29, 0.717) is 11.1 Å². The second kappa shape index (κ2) is 26.4. The van der Waals surface area contributed by atoms with Gasteiger partial charge in [-0.2, -0.15) is 0 Å². The van der Waals surface area contributed by atoms with Gasteiger partial charge in [0.05, 0.1) is 6.54 Å².